The Balaban J connectivity index is 1.39. The first-order valence-electron chi connectivity index (χ1n) is 9.08. The zero-order valence-electron chi connectivity index (χ0n) is 15.2. The Bertz CT molecular complexity index is 974. The average molecular weight is 398 g/mol. The maximum atomic E-state index is 12.1. The van der Waals surface area contributed by atoms with E-state index >= 15 is 0 Å². The summed E-state index contributed by atoms with van der Waals surface area (Å²) in [5.41, 5.74) is 1.52. The highest BCUT2D eigenvalue weighted by Gasteiger charge is 2.13. The number of nitrogens with zero attached hydrogens (tertiary/aromatic N) is 3. The van der Waals surface area contributed by atoms with Gasteiger partial charge >= 0.3 is 0 Å². The van der Waals surface area contributed by atoms with Crippen molar-refractivity contribution < 1.29 is 9.53 Å². The molecule has 1 aliphatic heterocycles. The summed E-state index contributed by atoms with van der Waals surface area (Å²) in [7, 11) is 0. The molecule has 1 fully saturated rings. The zero-order valence-corrected chi connectivity index (χ0v) is 15.9. The number of fused-ring (bicyclic) bond motifs is 1. The molecule has 0 saturated carbocycles. The van der Waals surface area contributed by atoms with Crippen LogP contribution in [0.3, 0.4) is 0 Å². The molecule has 0 aliphatic carbocycles. The van der Waals surface area contributed by atoms with E-state index in [9.17, 15) is 4.79 Å². The predicted molar refractivity (Wildman–Crippen MR) is 110 cm³/mol. The van der Waals surface area contributed by atoms with Crippen LogP contribution in [0, 0.1) is 0 Å². The van der Waals surface area contributed by atoms with E-state index in [2.05, 4.69) is 25.5 Å². The number of nitrogens with one attached hydrogen (secondary N) is 2. The second kappa shape index (κ2) is 8.41. The van der Waals surface area contributed by atoms with E-state index in [1.165, 1.54) is 0 Å². The van der Waals surface area contributed by atoms with Crippen molar-refractivity contribution in [2.75, 3.05) is 43.0 Å². The lowest BCUT2D eigenvalue weighted by Crippen LogP contribution is -2.44. The summed E-state index contributed by atoms with van der Waals surface area (Å²) in [4.78, 5) is 23.4. The molecule has 2 aromatic carbocycles. The van der Waals surface area contributed by atoms with Crippen molar-refractivity contribution in [3.05, 3.63) is 53.7 Å². The number of piperazine rings is 1. The molecule has 0 radical (unpaired) electrons. The van der Waals surface area contributed by atoms with Gasteiger partial charge in [-0.15, -0.1) is 0 Å². The maximum Gasteiger partial charge on any atom is 0.262 e. The van der Waals surface area contributed by atoms with Gasteiger partial charge in [-0.2, -0.15) is 0 Å². The van der Waals surface area contributed by atoms with Gasteiger partial charge in [-0.1, -0.05) is 11.6 Å². The van der Waals surface area contributed by atoms with E-state index in [0.717, 1.165) is 43.0 Å². The Labute approximate surface area is 167 Å². The number of hydrogen-bond acceptors (Lipinski definition) is 6. The van der Waals surface area contributed by atoms with Crippen molar-refractivity contribution in [3.8, 4) is 5.75 Å². The molecule has 8 heteroatoms. The van der Waals surface area contributed by atoms with Gasteiger partial charge in [0.15, 0.2) is 6.61 Å². The molecule has 4 rings (SSSR count). The van der Waals surface area contributed by atoms with Gasteiger partial charge in [0.25, 0.3) is 5.91 Å². The van der Waals surface area contributed by atoms with Crippen LogP contribution in [0.1, 0.15) is 0 Å². The van der Waals surface area contributed by atoms with Crippen LogP contribution in [-0.4, -0.2) is 48.7 Å². The summed E-state index contributed by atoms with van der Waals surface area (Å²) in [5, 5.41) is 7.64. The van der Waals surface area contributed by atoms with Crippen molar-refractivity contribution in [2.24, 2.45) is 0 Å². The fourth-order valence-electron chi connectivity index (χ4n) is 3.00. The average Bonchev–Trinajstić information content (AvgIpc) is 2.73. The number of hydrogen-bond donors (Lipinski definition) is 2. The number of rotatable bonds is 5. The highest BCUT2D eigenvalue weighted by atomic mass is 35.5. The quantitative estimate of drug-likeness (QED) is 0.689. The van der Waals surface area contributed by atoms with Gasteiger partial charge in [0.05, 0.1) is 5.52 Å². The number of benzene rings is 2. The van der Waals surface area contributed by atoms with Crippen LogP contribution >= 0.6 is 11.6 Å². The third-order valence-corrected chi connectivity index (χ3v) is 4.69. The molecule has 1 amide bonds. The molecule has 28 heavy (non-hydrogen) atoms. The van der Waals surface area contributed by atoms with Gasteiger partial charge in [0, 0.05) is 48.5 Å². The van der Waals surface area contributed by atoms with Gasteiger partial charge in [-0.3, -0.25) is 4.79 Å². The van der Waals surface area contributed by atoms with Crippen molar-refractivity contribution >= 4 is 40.0 Å². The fourth-order valence-corrected chi connectivity index (χ4v) is 3.12. The van der Waals surface area contributed by atoms with Crippen molar-refractivity contribution in [1.29, 1.82) is 0 Å². The zero-order chi connectivity index (χ0) is 19.3. The molecule has 1 aromatic heterocycles. The SMILES string of the molecule is O=C(COc1ccc(Cl)cc1)Nc1ccc2nc(N3CCNCC3)ncc2c1. The lowest BCUT2D eigenvalue weighted by molar-refractivity contribution is -0.118. The summed E-state index contributed by atoms with van der Waals surface area (Å²) in [6.45, 7) is 3.58. The molecule has 2 heterocycles. The van der Waals surface area contributed by atoms with E-state index in [4.69, 9.17) is 16.3 Å². The highest BCUT2D eigenvalue weighted by molar-refractivity contribution is 6.30. The van der Waals surface area contributed by atoms with Crippen molar-refractivity contribution in [1.82, 2.24) is 15.3 Å². The fraction of sp³-hybridized carbons (Fsp3) is 0.250. The number of anilines is 2. The smallest absolute Gasteiger partial charge is 0.262 e. The Morgan fingerprint density at radius 2 is 1.96 bits per heavy atom. The van der Waals surface area contributed by atoms with Crippen LogP contribution in [0.4, 0.5) is 11.6 Å². The molecule has 1 saturated heterocycles. The molecule has 3 aromatic rings. The third kappa shape index (κ3) is 4.49. The first kappa shape index (κ1) is 18.5. The molecule has 2 N–H and O–H groups in total. The number of amides is 1. The summed E-state index contributed by atoms with van der Waals surface area (Å²) >= 11 is 5.83. The number of carbonyl (C=O) groups excluding carboxylic acids is 1. The summed E-state index contributed by atoms with van der Waals surface area (Å²) in [5.74, 6) is 1.08. The lowest BCUT2D eigenvalue weighted by atomic mass is 10.2. The minimum atomic E-state index is -0.243. The van der Waals surface area contributed by atoms with E-state index in [-0.39, 0.29) is 12.5 Å². The third-order valence-electron chi connectivity index (χ3n) is 4.43. The molecule has 144 valence electrons. The standard InChI is InChI=1S/C20H20ClN5O2/c21-15-1-4-17(5-2-15)28-13-19(27)24-16-3-6-18-14(11-16)12-23-20(25-18)26-9-7-22-8-10-26/h1-6,11-12,22H,7-10,13H2,(H,24,27). The Morgan fingerprint density at radius 3 is 2.75 bits per heavy atom. The van der Waals surface area contributed by atoms with E-state index < -0.39 is 0 Å². The predicted octanol–water partition coefficient (Wildman–Crippen LogP) is 2.71. The monoisotopic (exact) mass is 397 g/mol. The molecule has 1 aliphatic rings. The van der Waals surface area contributed by atoms with E-state index in [0.29, 0.717) is 16.5 Å². The number of ether oxygens (including phenoxy) is 1. The van der Waals surface area contributed by atoms with Gasteiger partial charge in [0.2, 0.25) is 5.95 Å². The lowest BCUT2D eigenvalue weighted by Gasteiger charge is -2.27. The highest BCUT2D eigenvalue weighted by Crippen LogP contribution is 2.20. The minimum absolute atomic E-state index is 0.0852. The molecule has 0 atom stereocenters. The first-order valence-corrected chi connectivity index (χ1v) is 9.46. The van der Waals surface area contributed by atoms with Crippen LogP contribution in [0.25, 0.3) is 10.9 Å². The van der Waals surface area contributed by atoms with Crippen molar-refractivity contribution in [2.45, 2.75) is 0 Å². The minimum Gasteiger partial charge on any atom is -0.484 e. The number of halogens is 1. The topological polar surface area (TPSA) is 79.4 Å². The van der Waals surface area contributed by atoms with Crippen LogP contribution in [-0.2, 0) is 4.79 Å². The van der Waals surface area contributed by atoms with E-state index in [1.807, 2.05) is 18.2 Å². The van der Waals surface area contributed by atoms with Crippen LogP contribution in [0.2, 0.25) is 5.02 Å². The Hall–Kier alpha value is -2.90. The van der Waals surface area contributed by atoms with Gasteiger partial charge in [0.1, 0.15) is 5.75 Å². The summed E-state index contributed by atoms with van der Waals surface area (Å²) < 4.78 is 5.46. The second-order valence-corrected chi connectivity index (χ2v) is 6.91. The number of carbonyl (C=O) groups is 1. The van der Waals surface area contributed by atoms with Crippen LogP contribution in [0.15, 0.2) is 48.7 Å². The normalized spacial score (nSPS) is 14.1. The molecule has 0 bridgehead atoms. The molecule has 7 nitrogen and oxygen atoms in total. The maximum absolute atomic E-state index is 12.1. The first-order chi connectivity index (χ1) is 13.7. The molecular weight excluding hydrogens is 378 g/mol. The number of aromatic nitrogens is 2. The molecular formula is C20H20ClN5O2. The van der Waals surface area contributed by atoms with Crippen LogP contribution in [0.5, 0.6) is 5.75 Å². The Morgan fingerprint density at radius 1 is 1.18 bits per heavy atom. The van der Waals surface area contributed by atoms with Crippen LogP contribution < -0.4 is 20.3 Å². The molecule has 0 spiro atoms. The second-order valence-electron chi connectivity index (χ2n) is 6.47. The summed E-state index contributed by atoms with van der Waals surface area (Å²) in [6, 6.07) is 12.4. The largest absolute Gasteiger partial charge is 0.484 e. The van der Waals surface area contributed by atoms with Crippen molar-refractivity contribution in [3.63, 3.8) is 0 Å². The van der Waals surface area contributed by atoms with Gasteiger partial charge in [-0.05, 0) is 42.5 Å². The van der Waals surface area contributed by atoms with Gasteiger partial charge in [-0.25, -0.2) is 9.97 Å². The Kier molecular flexibility index (Phi) is 5.55. The molecule has 0 unspecified atom stereocenters. The summed E-state index contributed by atoms with van der Waals surface area (Å²) in [6.07, 6.45) is 1.79. The van der Waals surface area contributed by atoms with E-state index in [1.54, 1.807) is 30.5 Å². The van der Waals surface area contributed by atoms with Gasteiger partial charge < -0.3 is 20.3 Å².